The van der Waals surface area contributed by atoms with Crippen molar-refractivity contribution in [3.05, 3.63) is 77.2 Å². The van der Waals surface area contributed by atoms with E-state index in [9.17, 15) is 9.59 Å². The first-order valence-corrected chi connectivity index (χ1v) is 19.8. The molecule has 0 radical (unpaired) electrons. The lowest BCUT2D eigenvalue weighted by atomic mass is 9.98. The van der Waals surface area contributed by atoms with Gasteiger partial charge in [-0.1, -0.05) is 48.1 Å². The van der Waals surface area contributed by atoms with Crippen LogP contribution in [-0.2, 0) is 9.53 Å². The van der Waals surface area contributed by atoms with E-state index in [1.807, 2.05) is 43.6 Å². The highest BCUT2D eigenvalue weighted by Crippen LogP contribution is 2.32. The van der Waals surface area contributed by atoms with Crippen molar-refractivity contribution in [2.75, 3.05) is 49.9 Å². The van der Waals surface area contributed by atoms with Gasteiger partial charge in [-0.25, -0.2) is 14.8 Å². The Hall–Kier alpha value is -3.98. The molecule has 2 amide bonds. The maximum atomic E-state index is 13.0. The molecule has 14 heteroatoms. The quantitative estimate of drug-likeness (QED) is 0.122. The fraction of sp³-hybridized carbons (Fsp3) is 0.410. The zero-order valence-electron chi connectivity index (χ0n) is 30.2. The monoisotopic (exact) mass is 774 g/mol. The summed E-state index contributed by atoms with van der Waals surface area (Å²) >= 11 is 3.11. The first-order valence-electron chi connectivity index (χ1n) is 18.1. The lowest BCUT2D eigenvalue weighted by molar-refractivity contribution is -0.117. The third-order valence-corrected chi connectivity index (χ3v) is 12.0. The summed E-state index contributed by atoms with van der Waals surface area (Å²) in [6.07, 6.45) is 7.46. The molecular formula is C39H47ClN8O3S2. The number of thiazole rings is 2. The SMILES string of the molecule is Cc1ncc(-c2ccc3nc(NC(=O)CN4CCN(CC[C@H](N)c5ccc(-c6scnc6C)cc5)CC4)sc3c2)cc1NC(=O)OC1CCCCC1.Cl. The molecule has 11 nitrogen and oxygen atoms in total. The summed E-state index contributed by atoms with van der Waals surface area (Å²) in [5.74, 6) is -0.0646. The highest BCUT2D eigenvalue weighted by Gasteiger charge is 2.21. The number of nitrogens with one attached hydrogen (secondary N) is 2. The van der Waals surface area contributed by atoms with Crippen molar-refractivity contribution in [3.8, 4) is 21.6 Å². The summed E-state index contributed by atoms with van der Waals surface area (Å²) < 4.78 is 6.61. The molecule has 280 valence electrons. The van der Waals surface area contributed by atoms with Crippen LogP contribution in [0.15, 0.2) is 60.2 Å². The number of aromatic nitrogens is 3. The Kier molecular flexibility index (Phi) is 13.1. The molecule has 0 bridgehead atoms. The van der Waals surface area contributed by atoms with E-state index in [0.717, 1.165) is 103 Å². The number of carbonyl (C=O) groups is 2. The van der Waals surface area contributed by atoms with Gasteiger partial charge in [0, 0.05) is 50.5 Å². The van der Waals surface area contributed by atoms with Gasteiger partial charge in [-0.2, -0.15) is 0 Å². The van der Waals surface area contributed by atoms with Gasteiger partial charge < -0.3 is 20.7 Å². The van der Waals surface area contributed by atoms with E-state index in [4.69, 9.17) is 10.5 Å². The number of rotatable bonds is 11. The van der Waals surface area contributed by atoms with Crippen LogP contribution in [0.5, 0.6) is 0 Å². The Bertz CT molecular complexity index is 2010. The number of anilines is 2. The Morgan fingerprint density at radius 2 is 1.64 bits per heavy atom. The minimum absolute atomic E-state index is 0. The Morgan fingerprint density at radius 3 is 2.38 bits per heavy atom. The third kappa shape index (κ3) is 9.97. The van der Waals surface area contributed by atoms with Crippen LogP contribution in [0.3, 0.4) is 0 Å². The van der Waals surface area contributed by atoms with E-state index < -0.39 is 6.09 Å². The molecule has 7 rings (SSSR count). The van der Waals surface area contributed by atoms with Gasteiger partial charge in [0.1, 0.15) is 6.10 Å². The minimum Gasteiger partial charge on any atom is -0.446 e. The highest BCUT2D eigenvalue weighted by atomic mass is 35.5. The molecule has 1 atom stereocenters. The average molecular weight is 775 g/mol. The van der Waals surface area contributed by atoms with Gasteiger partial charge in [0.25, 0.3) is 0 Å². The van der Waals surface area contributed by atoms with Crippen molar-refractivity contribution in [1.29, 1.82) is 0 Å². The van der Waals surface area contributed by atoms with Crippen molar-refractivity contribution in [2.24, 2.45) is 5.73 Å². The van der Waals surface area contributed by atoms with Gasteiger partial charge in [0.2, 0.25) is 5.91 Å². The molecule has 2 fully saturated rings. The smallest absolute Gasteiger partial charge is 0.411 e. The van der Waals surface area contributed by atoms with Gasteiger partial charge in [0.05, 0.1) is 44.2 Å². The molecule has 2 aliphatic rings. The standard InChI is InChI=1S/C39H46N8O3S2.ClH/c1-25-34(44-39(49)50-31-6-4-3-5-7-31)20-30(22-41-25)29-12-13-33-35(21-29)52-38(43-33)45-36(48)23-47-18-16-46(17-19-47)15-14-32(40)27-8-10-28(11-9-27)37-26(2)42-24-51-37;/h8-13,20-22,24,31-32H,3-7,14-19,23,40H2,1-2H3,(H,44,49)(H,43,45,48);1H/t32-;/m0./s1. The van der Waals surface area contributed by atoms with Crippen LogP contribution in [-0.4, -0.2) is 82.1 Å². The average Bonchev–Trinajstić information content (AvgIpc) is 3.77. The van der Waals surface area contributed by atoms with Crippen LogP contribution in [0.4, 0.5) is 15.6 Å². The molecule has 2 aromatic carbocycles. The number of hydrogen-bond donors (Lipinski definition) is 3. The van der Waals surface area contributed by atoms with Crippen LogP contribution < -0.4 is 16.4 Å². The number of nitrogens with two attached hydrogens (primary N) is 1. The van der Waals surface area contributed by atoms with E-state index >= 15 is 0 Å². The van der Waals surface area contributed by atoms with Crippen LogP contribution in [0.1, 0.15) is 61.5 Å². The summed E-state index contributed by atoms with van der Waals surface area (Å²) in [6, 6.07) is 16.4. The zero-order chi connectivity index (χ0) is 36.0. The van der Waals surface area contributed by atoms with Crippen LogP contribution in [0, 0.1) is 13.8 Å². The molecule has 4 N–H and O–H groups in total. The van der Waals surface area contributed by atoms with Crippen molar-refractivity contribution in [2.45, 2.75) is 64.5 Å². The van der Waals surface area contributed by atoms with Gasteiger partial charge in [-0.05, 0) is 80.8 Å². The van der Waals surface area contributed by atoms with Crippen molar-refractivity contribution in [3.63, 3.8) is 0 Å². The van der Waals surface area contributed by atoms with Gasteiger partial charge in [0.15, 0.2) is 5.13 Å². The Morgan fingerprint density at radius 1 is 0.906 bits per heavy atom. The lowest BCUT2D eigenvalue weighted by Gasteiger charge is -2.34. The van der Waals surface area contributed by atoms with Crippen molar-refractivity contribution >= 4 is 68.1 Å². The molecular weight excluding hydrogens is 728 g/mol. The molecule has 1 aliphatic carbocycles. The Balaban J connectivity index is 0.00000481. The molecule has 1 saturated heterocycles. The van der Waals surface area contributed by atoms with Crippen molar-refractivity contribution < 1.29 is 14.3 Å². The lowest BCUT2D eigenvalue weighted by Crippen LogP contribution is -2.49. The number of piperazine rings is 1. The topological polar surface area (TPSA) is 139 Å². The van der Waals surface area contributed by atoms with Crippen LogP contribution in [0.2, 0.25) is 0 Å². The van der Waals surface area contributed by atoms with Crippen LogP contribution >= 0.6 is 35.1 Å². The summed E-state index contributed by atoms with van der Waals surface area (Å²) in [4.78, 5) is 45.0. The second-order valence-electron chi connectivity index (χ2n) is 13.8. The fourth-order valence-corrected chi connectivity index (χ4v) is 8.66. The summed E-state index contributed by atoms with van der Waals surface area (Å²) in [6.45, 7) is 8.62. The Labute approximate surface area is 324 Å². The third-order valence-electron chi connectivity index (χ3n) is 10.1. The number of carbonyl (C=O) groups excluding carboxylic acids is 2. The first-order chi connectivity index (χ1) is 25.3. The maximum Gasteiger partial charge on any atom is 0.411 e. The molecule has 3 aromatic heterocycles. The van der Waals surface area contributed by atoms with Gasteiger partial charge >= 0.3 is 6.09 Å². The van der Waals surface area contributed by atoms with E-state index in [1.54, 1.807) is 17.5 Å². The number of halogens is 1. The molecule has 0 unspecified atom stereocenters. The molecule has 1 aliphatic heterocycles. The number of amides is 2. The maximum absolute atomic E-state index is 13.0. The second kappa shape index (κ2) is 17.9. The molecule has 53 heavy (non-hydrogen) atoms. The first kappa shape index (κ1) is 38.7. The van der Waals surface area contributed by atoms with Crippen molar-refractivity contribution in [1.82, 2.24) is 24.8 Å². The zero-order valence-corrected chi connectivity index (χ0v) is 32.6. The number of aryl methyl sites for hydroxylation is 2. The predicted molar refractivity (Wildman–Crippen MR) is 217 cm³/mol. The number of benzene rings is 2. The van der Waals surface area contributed by atoms with E-state index in [-0.39, 0.29) is 30.5 Å². The molecule has 1 saturated carbocycles. The normalized spacial score (nSPS) is 16.2. The predicted octanol–water partition coefficient (Wildman–Crippen LogP) is 8.05. The number of pyridine rings is 1. The van der Waals surface area contributed by atoms with Gasteiger partial charge in [-0.15, -0.1) is 23.7 Å². The highest BCUT2D eigenvalue weighted by molar-refractivity contribution is 7.22. The minimum atomic E-state index is -0.435. The number of nitrogens with zero attached hydrogens (tertiary/aromatic N) is 5. The fourth-order valence-electron chi connectivity index (χ4n) is 6.93. The van der Waals surface area contributed by atoms with Crippen LogP contribution in [0.25, 0.3) is 31.8 Å². The van der Waals surface area contributed by atoms with Gasteiger partial charge in [-0.3, -0.25) is 20.0 Å². The van der Waals surface area contributed by atoms with E-state index in [0.29, 0.717) is 17.4 Å². The summed E-state index contributed by atoms with van der Waals surface area (Å²) in [5.41, 5.74) is 15.8. The second-order valence-corrected chi connectivity index (χ2v) is 15.7. The number of hydrogen-bond acceptors (Lipinski definition) is 11. The van der Waals surface area contributed by atoms with E-state index in [2.05, 4.69) is 59.7 Å². The summed E-state index contributed by atoms with van der Waals surface area (Å²) in [7, 11) is 0. The number of fused-ring (bicyclic) bond motifs is 1. The van der Waals surface area contributed by atoms with E-state index in [1.165, 1.54) is 28.2 Å². The molecule has 4 heterocycles. The summed E-state index contributed by atoms with van der Waals surface area (Å²) in [5, 5.41) is 6.49. The molecule has 0 spiro atoms. The number of ether oxygens (including phenoxy) is 1. The molecule has 5 aromatic rings. The largest absolute Gasteiger partial charge is 0.446 e.